The predicted molar refractivity (Wildman–Crippen MR) is 50.5 cm³/mol. The minimum Gasteiger partial charge on any atom is -0.464 e. The average molecular weight is 181 g/mol. The van der Waals surface area contributed by atoms with Crippen LogP contribution in [0.3, 0.4) is 0 Å². The van der Waals surface area contributed by atoms with Gasteiger partial charge in [-0.2, -0.15) is 0 Å². The summed E-state index contributed by atoms with van der Waals surface area (Å²) in [6.45, 7) is 2.03. The number of halogens is 1. The molecular weight excluding hydrogens is 172 g/mol. The Morgan fingerprint density at radius 2 is 2.25 bits per heavy atom. The minimum absolute atomic E-state index is 0.556. The Bertz CT molecular complexity index is 403. The van der Waals surface area contributed by atoms with Crippen molar-refractivity contribution in [2.75, 3.05) is 0 Å². The Kier molecular flexibility index (Phi) is 1.81. The van der Waals surface area contributed by atoms with Crippen LogP contribution in [-0.2, 0) is 5.88 Å². The molecule has 0 aliphatic rings. The molecule has 2 aromatic rings. The summed E-state index contributed by atoms with van der Waals surface area (Å²) in [7, 11) is 0. The van der Waals surface area contributed by atoms with Crippen LogP contribution in [0.25, 0.3) is 11.0 Å². The molecule has 1 aromatic carbocycles. The lowest BCUT2D eigenvalue weighted by atomic mass is 10.1. The van der Waals surface area contributed by atoms with Crippen LogP contribution in [0, 0.1) is 6.92 Å². The fourth-order valence-electron chi connectivity index (χ4n) is 1.29. The Balaban J connectivity index is 2.71. The molecule has 0 aliphatic heterocycles. The number of benzene rings is 1. The smallest absolute Gasteiger partial charge is 0.134 e. The van der Waals surface area contributed by atoms with Gasteiger partial charge in [-0.05, 0) is 30.2 Å². The Morgan fingerprint density at radius 1 is 1.42 bits per heavy atom. The number of fused-ring (bicyclic) bond motifs is 1. The molecule has 12 heavy (non-hydrogen) atoms. The van der Waals surface area contributed by atoms with Gasteiger partial charge in [0.25, 0.3) is 0 Å². The molecule has 0 N–H and O–H groups in total. The molecule has 1 heterocycles. The van der Waals surface area contributed by atoms with E-state index in [-0.39, 0.29) is 0 Å². The molecule has 0 saturated carbocycles. The minimum atomic E-state index is 0.556. The van der Waals surface area contributed by atoms with Gasteiger partial charge >= 0.3 is 0 Å². The second-order valence-corrected chi connectivity index (χ2v) is 3.15. The van der Waals surface area contributed by atoms with Crippen molar-refractivity contribution in [2.24, 2.45) is 0 Å². The van der Waals surface area contributed by atoms with Crippen LogP contribution >= 0.6 is 11.6 Å². The third kappa shape index (κ3) is 1.10. The lowest BCUT2D eigenvalue weighted by Gasteiger charge is -1.94. The number of furan rings is 1. The summed E-state index contributed by atoms with van der Waals surface area (Å²) in [6, 6.07) is 6.01. The summed E-state index contributed by atoms with van der Waals surface area (Å²) in [5.74, 6) is 0.556. The van der Waals surface area contributed by atoms with Gasteiger partial charge in [-0.3, -0.25) is 0 Å². The van der Waals surface area contributed by atoms with Gasteiger partial charge in [0.2, 0.25) is 0 Å². The maximum atomic E-state index is 5.72. The standard InChI is InChI=1S/C10H9ClO/c1-7-6-12-10-3-2-8(5-11)4-9(7)10/h2-4,6H,5H2,1H3. The topological polar surface area (TPSA) is 13.1 Å². The van der Waals surface area contributed by atoms with Crippen molar-refractivity contribution in [2.45, 2.75) is 12.8 Å². The van der Waals surface area contributed by atoms with Gasteiger partial charge in [0.05, 0.1) is 6.26 Å². The monoisotopic (exact) mass is 180 g/mol. The van der Waals surface area contributed by atoms with E-state index in [0.29, 0.717) is 5.88 Å². The molecule has 62 valence electrons. The van der Waals surface area contributed by atoms with Crippen molar-refractivity contribution in [1.29, 1.82) is 0 Å². The van der Waals surface area contributed by atoms with Gasteiger partial charge < -0.3 is 4.42 Å². The molecule has 0 unspecified atom stereocenters. The molecule has 0 spiro atoms. The van der Waals surface area contributed by atoms with Crippen molar-refractivity contribution >= 4 is 22.6 Å². The van der Waals surface area contributed by atoms with E-state index in [9.17, 15) is 0 Å². The van der Waals surface area contributed by atoms with Gasteiger partial charge in [0, 0.05) is 11.3 Å². The summed E-state index contributed by atoms with van der Waals surface area (Å²) < 4.78 is 5.31. The second kappa shape index (κ2) is 2.83. The first-order valence-electron chi connectivity index (χ1n) is 3.84. The molecule has 0 fully saturated rings. The van der Waals surface area contributed by atoms with Gasteiger partial charge in [-0.25, -0.2) is 0 Å². The number of hydrogen-bond donors (Lipinski definition) is 0. The van der Waals surface area contributed by atoms with E-state index < -0.39 is 0 Å². The van der Waals surface area contributed by atoms with E-state index in [1.54, 1.807) is 6.26 Å². The second-order valence-electron chi connectivity index (χ2n) is 2.88. The molecular formula is C10H9ClO. The van der Waals surface area contributed by atoms with Crippen molar-refractivity contribution in [3.63, 3.8) is 0 Å². The molecule has 2 rings (SSSR count). The van der Waals surface area contributed by atoms with Gasteiger partial charge in [0.15, 0.2) is 0 Å². The molecule has 2 heteroatoms. The van der Waals surface area contributed by atoms with Crippen LogP contribution in [0.4, 0.5) is 0 Å². The summed E-state index contributed by atoms with van der Waals surface area (Å²) >= 11 is 5.72. The van der Waals surface area contributed by atoms with E-state index >= 15 is 0 Å². The van der Waals surface area contributed by atoms with Crippen LogP contribution in [0.1, 0.15) is 11.1 Å². The van der Waals surface area contributed by atoms with Crippen molar-refractivity contribution < 1.29 is 4.42 Å². The normalized spacial score (nSPS) is 10.8. The first kappa shape index (κ1) is 7.69. The molecule has 0 aliphatic carbocycles. The largest absolute Gasteiger partial charge is 0.464 e. The molecule has 1 aromatic heterocycles. The summed E-state index contributed by atoms with van der Waals surface area (Å²) in [6.07, 6.45) is 1.77. The molecule has 1 nitrogen and oxygen atoms in total. The first-order valence-corrected chi connectivity index (χ1v) is 4.37. The average Bonchev–Trinajstić information content (AvgIpc) is 2.47. The highest BCUT2D eigenvalue weighted by Crippen LogP contribution is 2.22. The van der Waals surface area contributed by atoms with E-state index in [0.717, 1.165) is 22.1 Å². The Morgan fingerprint density at radius 3 is 3.00 bits per heavy atom. The van der Waals surface area contributed by atoms with Crippen LogP contribution < -0.4 is 0 Å². The molecule has 0 amide bonds. The van der Waals surface area contributed by atoms with E-state index in [1.807, 2.05) is 19.1 Å². The highest BCUT2D eigenvalue weighted by molar-refractivity contribution is 6.17. The zero-order chi connectivity index (χ0) is 8.55. The van der Waals surface area contributed by atoms with Crippen LogP contribution in [0.15, 0.2) is 28.9 Å². The van der Waals surface area contributed by atoms with Gasteiger partial charge in [0.1, 0.15) is 5.58 Å². The van der Waals surface area contributed by atoms with Crippen molar-refractivity contribution in [3.05, 3.63) is 35.6 Å². The quantitative estimate of drug-likeness (QED) is 0.613. The van der Waals surface area contributed by atoms with Crippen LogP contribution in [0.2, 0.25) is 0 Å². The summed E-state index contributed by atoms with van der Waals surface area (Å²) in [5.41, 5.74) is 3.23. The van der Waals surface area contributed by atoms with E-state index in [4.69, 9.17) is 16.0 Å². The summed E-state index contributed by atoms with van der Waals surface area (Å²) in [5, 5.41) is 1.16. The summed E-state index contributed by atoms with van der Waals surface area (Å²) in [4.78, 5) is 0. The lowest BCUT2D eigenvalue weighted by molar-refractivity contribution is 0.613. The highest BCUT2D eigenvalue weighted by atomic mass is 35.5. The fraction of sp³-hybridized carbons (Fsp3) is 0.200. The number of alkyl halides is 1. The van der Waals surface area contributed by atoms with Crippen molar-refractivity contribution in [1.82, 2.24) is 0 Å². The van der Waals surface area contributed by atoms with Crippen LogP contribution in [0.5, 0.6) is 0 Å². The maximum Gasteiger partial charge on any atom is 0.134 e. The van der Waals surface area contributed by atoms with Crippen molar-refractivity contribution in [3.8, 4) is 0 Å². The van der Waals surface area contributed by atoms with Crippen LogP contribution in [-0.4, -0.2) is 0 Å². The predicted octanol–water partition coefficient (Wildman–Crippen LogP) is 3.48. The SMILES string of the molecule is Cc1coc2ccc(CCl)cc12. The third-order valence-electron chi connectivity index (χ3n) is 1.99. The number of rotatable bonds is 1. The maximum absolute atomic E-state index is 5.72. The number of hydrogen-bond acceptors (Lipinski definition) is 1. The lowest BCUT2D eigenvalue weighted by Crippen LogP contribution is -1.76. The fourth-order valence-corrected chi connectivity index (χ4v) is 1.45. The molecule has 0 bridgehead atoms. The Labute approximate surface area is 75.9 Å². The number of aryl methyl sites for hydroxylation is 1. The Hall–Kier alpha value is -0.950. The zero-order valence-electron chi connectivity index (χ0n) is 6.80. The third-order valence-corrected chi connectivity index (χ3v) is 2.29. The van der Waals surface area contributed by atoms with E-state index in [2.05, 4.69) is 6.07 Å². The van der Waals surface area contributed by atoms with Gasteiger partial charge in [-0.15, -0.1) is 11.6 Å². The molecule has 0 atom stereocenters. The zero-order valence-corrected chi connectivity index (χ0v) is 7.56. The van der Waals surface area contributed by atoms with E-state index in [1.165, 1.54) is 0 Å². The molecule has 0 saturated heterocycles. The molecule has 0 radical (unpaired) electrons. The highest BCUT2D eigenvalue weighted by Gasteiger charge is 2.01. The first-order chi connectivity index (χ1) is 5.81. The van der Waals surface area contributed by atoms with Gasteiger partial charge in [-0.1, -0.05) is 6.07 Å².